The van der Waals surface area contributed by atoms with Crippen LogP contribution in [0.3, 0.4) is 0 Å². The van der Waals surface area contributed by atoms with Gasteiger partial charge < -0.3 is 14.4 Å². The maximum atomic E-state index is 12.6. The van der Waals surface area contributed by atoms with Gasteiger partial charge in [-0.3, -0.25) is 9.59 Å². The number of piperidine rings is 1. The first-order chi connectivity index (χ1) is 13.2. The summed E-state index contributed by atoms with van der Waals surface area (Å²) < 4.78 is 13.4. The molecule has 2 aliphatic heterocycles. The average Bonchev–Trinajstić information content (AvgIpc) is 3.20. The van der Waals surface area contributed by atoms with Gasteiger partial charge in [-0.25, -0.2) is 4.68 Å². The predicted octanol–water partition coefficient (Wildman–Crippen LogP) is 1.62. The Balaban J connectivity index is 1.35. The number of carbonyl (C=O) groups is 2. The Labute approximate surface area is 157 Å². The van der Waals surface area contributed by atoms with E-state index in [1.54, 1.807) is 35.4 Å². The van der Waals surface area contributed by atoms with Crippen molar-refractivity contribution in [3.05, 3.63) is 41.7 Å². The first-order valence-electron chi connectivity index (χ1n) is 9.20. The summed E-state index contributed by atoms with van der Waals surface area (Å²) in [4.78, 5) is 26.0. The predicted molar refractivity (Wildman–Crippen MR) is 95.4 cm³/mol. The molecule has 1 amide bonds. The van der Waals surface area contributed by atoms with E-state index in [4.69, 9.17) is 9.47 Å². The molecule has 1 aromatic carbocycles. The Morgan fingerprint density at radius 3 is 2.89 bits per heavy atom. The van der Waals surface area contributed by atoms with Crippen LogP contribution in [0.5, 0.6) is 5.75 Å². The van der Waals surface area contributed by atoms with Crippen molar-refractivity contribution in [2.45, 2.75) is 38.5 Å². The van der Waals surface area contributed by atoms with Gasteiger partial charge in [0.15, 0.2) is 12.4 Å². The van der Waals surface area contributed by atoms with Crippen molar-refractivity contribution in [3.63, 3.8) is 0 Å². The van der Waals surface area contributed by atoms with E-state index in [9.17, 15) is 9.59 Å². The Bertz CT molecular complexity index is 832. The molecule has 0 aliphatic carbocycles. The number of hydrogen-bond donors (Lipinski definition) is 0. The van der Waals surface area contributed by atoms with Crippen LogP contribution in [0, 0.1) is 0 Å². The summed E-state index contributed by atoms with van der Waals surface area (Å²) in [6, 6.07) is 6.89. The van der Waals surface area contributed by atoms with E-state index in [0.717, 1.165) is 12.1 Å². The van der Waals surface area contributed by atoms with Gasteiger partial charge in [0.2, 0.25) is 0 Å². The minimum Gasteiger partial charge on any atom is -0.484 e. The zero-order chi connectivity index (χ0) is 18.8. The second kappa shape index (κ2) is 7.48. The van der Waals surface area contributed by atoms with Crippen molar-refractivity contribution in [1.82, 2.24) is 19.9 Å². The third-order valence-electron chi connectivity index (χ3n) is 5.14. The highest BCUT2D eigenvalue weighted by Gasteiger charge is 2.37. The van der Waals surface area contributed by atoms with Crippen molar-refractivity contribution in [2.24, 2.45) is 0 Å². The number of likely N-dealkylation sites (tertiary alicyclic amines) is 1. The van der Waals surface area contributed by atoms with Crippen LogP contribution in [0.4, 0.5) is 0 Å². The van der Waals surface area contributed by atoms with E-state index < -0.39 is 0 Å². The van der Waals surface area contributed by atoms with Gasteiger partial charge >= 0.3 is 0 Å². The lowest BCUT2D eigenvalue weighted by atomic mass is 10.0. The van der Waals surface area contributed by atoms with Crippen molar-refractivity contribution < 1.29 is 19.1 Å². The minimum absolute atomic E-state index is 0.00621. The molecule has 142 valence electrons. The molecule has 0 saturated carbocycles. The SMILES string of the molecule is CCC(=O)c1ccc(OCC(=O)N2CC[C@@H]3OCc4cnnn4[C@@H]3C2)cc1. The quantitative estimate of drug-likeness (QED) is 0.744. The van der Waals surface area contributed by atoms with Crippen LogP contribution in [-0.4, -0.2) is 57.4 Å². The molecule has 1 aromatic heterocycles. The lowest BCUT2D eigenvalue weighted by Gasteiger charge is -2.40. The third-order valence-corrected chi connectivity index (χ3v) is 5.14. The average molecular weight is 370 g/mol. The summed E-state index contributed by atoms with van der Waals surface area (Å²) in [5.41, 5.74) is 1.59. The molecule has 3 heterocycles. The van der Waals surface area contributed by atoms with Crippen LogP contribution in [0.1, 0.15) is 41.9 Å². The highest BCUT2D eigenvalue weighted by Crippen LogP contribution is 2.30. The number of amides is 1. The standard InChI is InChI=1S/C19H22N4O4/c1-2-17(24)13-3-5-15(6-4-13)26-12-19(25)22-8-7-18-16(10-22)23-14(11-27-18)9-20-21-23/h3-6,9,16,18H,2,7-8,10-12H2,1H3/t16-,18+/m1/s1. The van der Waals surface area contributed by atoms with Gasteiger partial charge in [0.05, 0.1) is 30.6 Å². The van der Waals surface area contributed by atoms with Crippen LogP contribution in [0.15, 0.2) is 30.5 Å². The highest BCUT2D eigenvalue weighted by molar-refractivity contribution is 5.95. The zero-order valence-corrected chi connectivity index (χ0v) is 15.2. The number of aromatic nitrogens is 3. The summed E-state index contributed by atoms with van der Waals surface area (Å²) >= 11 is 0. The number of ether oxygens (including phenoxy) is 2. The van der Waals surface area contributed by atoms with Gasteiger partial charge in [0.1, 0.15) is 5.75 Å². The van der Waals surface area contributed by atoms with Crippen LogP contribution in [0.25, 0.3) is 0 Å². The fourth-order valence-electron chi connectivity index (χ4n) is 3.58. The van der Waals surface area contributed by atoms with E-state index in [0.29, 0.717) is 37.4 Å². The largest absolute Gasteiger partial charge is 0.484 e. The van der Waals surface area contributed by atoms with Crippen molar-refractivity contribution in [3.8, 4) is 5.75 Å². The monoisotopic (exact) mass is 370 g/mol. The Hall–Kier alpha value is -2.74. The van der Waals surface area contributed by atoms with Gasteiger partial charge in [-0.2, -0.15) is 0 Å². The maximum absolute atomic E-state index is 12.6. The van der Waals surface area contributed by atoms with E-state index in [-0.39, 0.29) is 30.4 Å². The summed E-state index contributed by atoms with van der Waals surface area (Å²) in [6.45, 7) is 3.48. The molecule has 27 heavy (non-hydrogen) atoms. The molecule has 0 unspecified atom stereocenters. The molecule has 4 rings (SSSR count). The maximum Gasteiger partial charge on any atom is 0.260 e. The van der Waals surface area contributed by atoms with Crippen molar-refractivity contribution in [2.75, 3.05) is 19.7 Å². The summed E-state index contributed by atoms with van der Waals surface area (Å²) in [6.07, 6.45) is 3.00. The van der Waals surface area contributed by atoms with Gasteiger partial charge in [-0.15, -0.1) is 5.10 Å². The Kier molecular flexibility index (Phi) is 4.89. The lowest BCUT2D eigenvalue weighted by molar-refractivity contribution is -0.140. The highest BCUT2D eigenvalue weighted by atomic mass is 16.5. The molecule has 8 nitrogen and oxygen atoms in total. The minimum atomic E-state index is -0.0746. The summed E-state index contributed by atoms with van der Waals surface area (Å²) in [5, 5.41) is 8.09. The number of nitrogens with zero attached hydrogens (tertiary/aromatic N) is 4. The summed E-state index contributed by atoms with van der Waals surface area (Å²) in [5.74, 6) is 0.586. The van der Waals surface area contributed by atoms with Crippen LogP contribution >= 0.6 is 0 Å². The van der Waals surface area contributed by atoms with E-state index >= 15 is 0 Å². The van der Waals surface area contributed by atoms with Crippen molar-refractivity contribution >= 4 is 11.7 Å². The van der Waals surface area contributed by atoms with Gasteiger partial charge in [0.25, 0.3) is 5.91 Å². The van der Waals surface area contributed by atoms with Gasteiger partial charge in [-0.05, 0) is 30.7 Å². The number of carbonyl (C=O) groups excluding carboxylic acids is 2. The molecule has 0 spiro atoms. The Morgan fingerprint density at radius 2 is 2.11 bits per heavy atom. The molecule has 0 N–H and O–H groups in total. The molecule has 8 heteroatoms. The fourth-order valence-corrected chi connectivity index (χ4v) is 3.58. The third kappa shape index (κ3) is 3.57. The topological polar surface area (TPSA) is 86.6 Å². The fraction of sp³-hybridized carbons (Fsp3) is 0.474. The van der Waals surface area contributed by atoms with Gasteiger partial charge in [-0.1, -0.05) is 12.1 Å². The molecule has 2 aromatic rings. The molecular formula is C19H22N4O4. The van der Waals surface area contributed by atoms with E-state index in [1.165, 1.54) is 0 Å². The lowest BCUT2D eigenvalue weighted by Crippen LogP contribution is -2.50. The molecule has 0 bridgehead atoms. The molecule has 1 fully saturated rings. The normalized spacial score (nSPS) is 21.3. The van der Waals surface area contributed by atoms with Crippen molar-refractivity contribution in [1.29, 1.82) is 0 Å². The van der Waals surface area contributed by atoms with E-state index in [2.05, 4.69) is 10.3 Å². The molecule has 2 aliphatic rings. The number of ketones is 1. The number of rotatable bonds is 5. The number of fused-ring (bicyclic) bond motifs is 3. The second-order valence-corrected chi connectivity index (χ2v) is 6.80. The number of benzene rings is 1. The number of Topliss-reactive ketones (excluding diaryl/α,β-unsaturated/α-hetero) is 1. The molecule has 0 radical (unpaired) electrons. The summed E-state index contributed by atoms with van der Waals surface area (Å²) in [7, 11) is 0. The number of hydrogen-bond acceptors (Lipinski definition) is 6. The smallest absolute Gasteiger partial charge is 0.260 e. The Morgan fingerprint density at radius 1 is 1.30 bits per heavy atom. The van der Waals surface area contributed by atoms with Crippen LogP contribution < -0.4 is 4.74 Å². The molecule has 1 saturated heterocycles. The van der Waals surface area contributed by atoms with Crippen LogP contribution in [-0.2, 0) is 16.1 Å². The second-order valence-electron chi connectivity index (χ2n) is 6.80. The molecular weight excluding hydrogens is 348 g/mol. The first-order valence-corrected chi connectivity index (χ1v) is 9.20. The van der Waals surface area contributed by atoms with Gasteiger partial charge in [0, 0.05) is 25.1 Å². The zero-order valence-electron chi connectivity index (χ0n) is 15.2. The van der Waals surface area contributed by atoms with E-state index in [1.807, 2.05) is 11.6 Å². The van der Waals surface area contributed by atoms with Crippen LogP contribution in [0.2, 0.25) is 0 Å². The molecule has 2 atom stereocenters. The first kappa shape index (κ1) is 17.7.